The monoisotopic (exact) mass is 381 g/mol. The maximum absolute atomic E-state index is 9.69. The second-order valence-electron chi connectivity index (χ2n) is 6.20. The van der Waals surface area contributed by atoms with Crippen LogP contribution in [0.25, 0.3) is 11.1 Å². The minimum atomic E-state index is 0.0835. The summed E-state index contributed by atoms with van der Waals surface area (Å²) in [5, 5.41) is 10.1. The first-order valence-corrected chi connectivity index (χ1v) is 9.22. The number of nitrogen functional groups attached to an aromatic ring is 1. The molecule has 3 rings (SSSR count). The highest BCUT2D eigenvalue weighted by atomic mass is 35.5. The maximum Gasteiger partial charge on any atom is 0.181 e. The minimum absolute atomic E-state index is 0.0835. The highest BCUT2D eigenvalue weighted by Gasteiger charge is 2.24. The molecule has 2 N–H and O–H groups in total. The van der Waals surface area contributed by atoms with Gasteiger partial charge in [-0.3, -0.25) is 0 Å². The molecule has 1 aliphatic carbocycles. The molecular weight excluding hydrogens is 362 g/mol. The zero-order chi connectivity index (χ0) is 19.4. The van der Waals surface area contributed by atoms with Crippen molar-refractivity contribution in [3.63, 3.8) is 0 Å². The van der Waals surface area contributed by atoms with E-state index in [1.165, 1.54) is 0 Å². The molecule has 138 valence electrons. The molecule has 1 heterocycles. The van der Waals surface area contributed by atoms with Gasteiger partial charge in [-0.25, -0.2) is 4.98 Å². The SMILES string of the molecule is C#CCOc1c(Cl)cc(-c2c(C#N)c(N)nc3c2CCCC3)cc1OCC. The minimum Gasteiger partial charge on any atom is -0.490 e. The van der Waals surface area contributed by atoms with E-state index in [1.807, 2.05) is 13.0 Å². The first kappa shape index (κ1) is 18.9. The summed E-state index contributed by atoms with van der Waals surface area (Å²) in [6.07, 6.45) is 9.10. The average Bonchev–Trinajstić information content (AvgIpc) is 2.66. The van der Waals surface area contributed by atoms with Crippen molar-refractivity contribution in [3.05, 3.63) is 34.0 Å². The fourth-order valence-electron chi connectivity index (χ4n) is 3.42. The van der Waals surface area contributed by atoms with Crippen LogP contribution in [0, 0.1) is 23.7 Å². The molecule has 0 fully saturated rings. The van der Waals surface area contributed by atoms with Gasteiger partial charge in [0.05, 0.1) is 11.6 Å². The van der Waals surface area contributed by atoms with Gasteiger partial charge < -0.3 is 15.2 Å². The molecule has 1 aromatic heterocycles. The Labute approximate surface area is 164 Å². The smallest absolute Gasteiger partial charge is 0.181 e. The van der Waals surface area contributed by atoms with E-state index in [9.17, 15) is 5.26 Å². The number of benzene rings is 1. The highest BCUT2D eigenvalue weighted by molar-refractivity contribution is 6.32. The lowest BCUT2D eigenvalue weighted by molar-refractivity contribution is 0.299. The lowest BCUT2D eigenvalue weighted by Crippen LogP contribution is -2.12. The average molecular weight is 382 g/mol. The Balaban J connectivity index is 2.24. The highest BCUT2D eigenvalue weighted by Crippen LogP contribution is 2.43. The number of halogens is 1. The van der Waals surface area contributed by atoms with Gasteiger partial charge >= 0.3 is 0 Å². The van der Waals surface area contributed by atoms with E-state index in [2.05, 4.69) is 17.0 Å². The number of nitrogens with two attached hydrogens (primary N) is 1. The molecule has 0 spiro atoms. The number of anilines is 1. The number of aryl methyl sites for hydroxylation is 1. The Hall–Kier alpha value is -2.89. The van der Waals surface area contributed by atoms with E-state index in [4.69, 9.17) is 33.2 Å². The van der Waals surface area contributed by atoms with Crippen molar-refractivity contribution < 1.29 is 9.47 Å². The first-order valence-electron chi connectivity index (χ1n) is 8.85. The van der Waals surface area contributed by atoms with Crippen molar-refractivity contribution >= 4 is 17.4 Å². The Kier molecular flexibility index (Phi) is 5.74. The normalized spacial score (nSPS) is 12.6. The van der Waals surface area contributed by atoms with Crippen LogP contribution in [0.2, 0.25) is 5.02 Å². The van der Waals surface area contributed by atoms with Crippen molar-refractivity contribution in [1.82, 2.24) is 4.98 Å². The van der Waals surface area contributed by atoms with Gasteiger partial charge in [0, 0.05) is 11.3 Å². The van der Waals surface area contributed by atoms with E-state index in [0.29, 0.717) is 28.7 Å². The quantitative estimate of drug-likeness (QED) is 0.787. The van der Waals surface area contributed by atoms with Gasteiger partial charge in [-0.2, -0.15) is 5.26 Å². The van der Waals surface area contributed by atoms with Gasteiger partial charge in [0.25, 0.3) is 0 Å². The maximum atomic E-state index is 9.69. The summed E-state index contributed by atoms with van der Waals surface area (Å²) in [6, 6.07) is 5.79. The lowest BCUT2D eigenvalue weighted by atomic mass is 9.86. The predicted molar refractivity (Wildman–Crippen MR) is 106 cm³/mol. The third-order valence-electron chi connectivity index (χ3n) is 4.51. The first-order chi connectivity index (χ1) is 13.1. The molecular formula is C21H20ClN3O2. The van der Waals surface area contributed by atoms with Crippen molar-refractivity contribution in [2.24, 2.45) is 0 Å². The lowest BCUT2D eigenvalue weighted by Gasteiger charge is -2.22. The number of hydrogen-bond donors (Lipinski definition) is 1. The topological polar surface area (TPSA) is 81.2 Å². The predicted octanol–water partition coefficient (Wildman–Crippen LogP) is 4.15. The van der Waals surface area contributed by atoms with E-state index >= 15 is 0 Å². The van der Waals surface area contributed by atoms with E-state index in [-0.39, 0.29) is 12.4 Å². The number of rotatable bonds is 5. The molecule has 1 aromatic carbocycles. The van der Waals surface area contributed by atoms with Crippen molar-refractivity contribution in [2.75, 3.05) is 18.9 Å². The Morgan fingerprint density at radius 2 is 2.07 bits per heavy atom. The molecule has 0 radical (unpaired) electrons. The van der Waals surface area contributed by atoms with Crippen molar-refractivity contribution in [3.8, 4) is 41.0 Å². The van der Waals surface area contributed by atoms with Gasteiger partial charge in [0.1, 0.15) is 24.1 Å². The number of fused-ring (bicyclic) bond motifs is 1. The zero-order valence-electron chi connectivity index (χ0n) is 15.1. The molecule has 0 bridgehead atoms. The number of nitrogens with zero attached hydrogens (tertiary/aromatic N) is 2. The summed E-state index contributed by atoms with van der Waals surface area (Å²) in [6.45, 7) is 2.40. The summed E-state index contributed by atoms with van der Waals surface area (Å²) in [4.78, 5) is 4.45. The molecule has 1 aliphatic rings. The van der Waals surface area contributed by atoms with Gasteiger partial charge in [-0.05, 0) is 55.9 Å². The van der Waals surface area contributed by atoms with E-state index < -0.39 is 0 Å². The van der Waals surface area contributed by atoms with Crippen LogP contribution in [0.4, 0.5) is 5.82 Å². The molecule has 0 unspecified atom stereocenters. The van der Waals surface area contributed by atoms with Crippen LogP contribution in [-0.4, -0.2) is 18.2 Å². The molecule has 27 heavy (non-hydrogen) atoms. The van der Waals surface area contributed by atoms with Crippen LogP contribution in [0.5, 0.6) is 11.5 Å². The molecule has 0 amide bonds. The summed E-state index contributed by atoms with van der Waals surface area (Å²) < 4.78 is 11.3. The third-order valence-corrected chi connectivity index (χ3v) is 4.79. The Morgan fingerprint density at radius 1 is 1.30 bits per heavy atom. The molecule has 6 heteroatoms. The van der Waals surface area contributed by atoms with Crippen LogP contribution in [0.15, 0.2) is 12.1 Å². The number of ether oxygens (including phenoxy) is 2. The van der Waals surface area contributed by atoms with Crippen LogP contribution >= 0.6 is 11.6 Å². The molecule has 0 aliphatic heterocycles. The Bertz CT molecular complexity index is 958. The summed E-state index contributed by atoms with van der Waals surface area (Å²) in [5.41, 5.74) is 10.0. The van der Waals surface area contributed by atoms with Crippen LogP contribution < -0.4 is 15.2 Å². The van der Waals surface area contributed by atoms with Gasteiger partial charge in [0.15, 0.2) is 11.5 Å². The summed E-state index contributed by atoms with van der Waals surface area (Å²) in [5.74, 6) is 3.55. The largest absolute Gasteiger partial charge is 0.490 e. The number of pyridine rings is 1. The number of hydrogen-bond acceptors (Lipinski definition) is 5. The van der Waals surface area contributed by atoms with E-state index in [1.54, 1.807) is 6.07 Å². The standard InChI is InChI=1S/C21H20ClN3O2/c1-3-9-27-20-16(22)10-13(11-18(20)26-4-2)19-14-7-5-6-8-17(14)25-21(24)15(19)12-23/h1,10-11H,4-9H2,2H3,(H2,24,25). The number of aromatic nitrogens is 1. The number of nitriles is 1. The van der Waals surface area contributed by atoms with Gasteiger partial charge in [-0.15, -0.1) is 6.42 Å². The van der Waals surface area contributed by atoms with Crippen LogP contribution in [0.1, 0.15) is 36.6 Å². The zero-order valence-corrected chi connectivity index (χ0v) is 15.9. The van der Waals surface area contributed by atoms with Gasteiger partial charge in [-0.1, -0.05) is 17.5 Å². The van der Waals surface area contributed by atoms with Crippen molar-refractivity contribution in [2.45, 2.75) is 32.6 Å². The molecule has 0 atom stereocenters. The third kappa shape index (κ3) is 3.65. The number of terminal acetylenes is 1. The fraction of sp³-hybridized carbons (Fsp3) is 0.333. The van der Waals surface area contributed by atoms with Crippen LogP contribution in [0.3, 0.4) is 0 Å². The Morgan fingerprint density at radius 3 is 2.78 bits per heavy atom. The summed E-state index contributed by atoms with van der Waals surface area (Å²) in [7, 11) is 0. The molecule has 0 saturated heterocycles. The van der Waals surface area contributed by atoms with Crippen molar-refractivity contribution in [1.29, 1.82) is 5.26 Å². The van der Waals surface area contributed by atoms with E-state index in [0.717, 1.165) is 48.1 Å². The second-order valence-corrected chi connectivity index (χ2v) is 6.61. The molecule has 5 nitrogen and oxygen atoms in total. The fourth-order valence-corrected chi connectivity index (χ4v) is 3.69. The van der Waals surface area contributed by atoms with Crippen LogP contribution in [-0.2, 0) is 12.8 Å². The molecule has 0 saturated carbocycles. The summed E-state index contributed by atoms with van der Waals surface area (Å²) >= 11 is 6.47. The van der Waals surface area contributed by atoms with Gasteiger partial charge in [0.2, 0.25) is 0 Å². The second kappa shape index (κ2) is 8.20. The molecule has 2 aromatic rings.